The zero-order chi connectivity index (χ0) is 16.9. The van der Waals surface area contributed by atoms with Gasteiger partial charge in [0, 0.05) is 12.3 Å². The number of amides is 1. The maximum atomic E-state index is 12.2. The van der Waals surface area contributed by atoms with Crippen LogP contribution in [0.5, 0.6) is 11.6 Å². The predicted molar refractivity (Wildman–Crippen MR) is 86.6 cm³/mol. The van der Waals surface area contributed by atoms with Gasteiger partial charge in [-0.15, -0.1) is 0 Å². The average molecular weight is 323 g/mol. The van der Waals surface area contributed by atoms with Crippen molar-refractivity contribution in [2.75, 3.05) is 20.2 Å². The number of hydrogen-bond acceptors (Lipinski definition) is 5. The van der Waals surface area contributed by atoms with Crippen LogP contribution in [-0.2, 0) is 11.2 Å². The van der Waals surface area contributed by atoms with E-state index in [4.69, 9.17) is 14.7 Å². The van der Waals surface area contributed by atoms with Crippen LogP contribution in [-0.4, -0.2) is 42.1 Å². The van der Waals surface area contributed by atoms with Gasteiger partial charge >= 0.3 is 0 Å². The van der Waals surface area contributed by atoms with E-state index in [1.807, 2.05) is 30.3 Å². The molecule has 0 unspecified atom stereocenters. The Labute approximate surface area is 140 Å². The number of carbonyl (C=O) groups excluding carboxylic acids is 1. The molecule has 24 heavy (non-hydrogen) atoms. The van der Waals surface area contributed by atoms with Gasteiger partial charge in [-0.05, 0) is 23.8 Å². The minimum absolute atomic E-state index is 0.0683. The van der Waals surface area contributed by atoms with Crippen molar-refractivity contribution in [2.45, 2.75) is 12.5 Å². The van der Waals surface area contributed by atoms with E-state index in [9.17, 15) is 4.79 Å². The lowest BCUT2D eigenvalue weighted by Crippen LogP contribution is -2.56. The summed E-state index contributed by atoms with van der Waals surface area (Å²) in [5, 5.41) is 8.86. The second-order valence-electron chi connectivity index (χ2n) is 5.56. The zero-order valence-corrected chi connectivity index (χ0v) is 13.3. The standard InChI is InChI=1S/C18H17N3O3/c1-23-15-4-2-13(3-5-15)9-18(22)21-11-16(12-21)24-17-8-14(10-19)6-7-20-17/h2-8,16H,9,11-12H2,1H3. The molecule has 3 rings (SSSR count). The van der Waals surface area contributed by atoms with E-state index in [1.54, 1.807) is 30.3 Å². The number of ether oxygens (including phenoxy) is 2. The maximum Gasteiger partial charge on any atom is 0.227 e. The molecular formula is C18H17N3O3. The number of rotatable bonds is 5. The minimum Gasteiger partial charge on any atom is -0.497 e. The van der Waals surface area contributed by atoms with E-state index in [2.05, 4.69) is 4.98 Å². The summed E-state index contributed by atoms with van der Waals surface area (Å²) >= 11 is 0. The van der Waals surface area contributed by atoms with Crippen LogP contribution >= 0.6 is 0 Å². The molecule has 2 aromatic rings. The average Bonchev–Trinajstić information content (AvgIpc) is 2.58. The lowest BCUT2D eigenvalue weighted by atomic mass is 10.1. The van der Waals surface area contributed by atoms with Gasteiger partial charge in [-0.2, -0.15) is 5.26 Å². The molecule has 0 atom stereocenters. The van der Waals surface area contributed by atoms with Gasteiger partial charge in [-0.1, -0.05) is 12.1 Å². The molecule has 122 valence electrons. The lowest BCUT2D eigenvalue weighted by molar-refractivity contribution is -0.139. The Kier molecular flexibility index (Phi) is 4.62. The SMILES string of the molecule is COc1ccc(CC(=O)N2CC(Oc3cc(C#N)ccn3)C2)cc1. The van der Waals surface area contributed by atoms with Gasteiger partial charge in [0.05, 0.1) is 38.3 Å². The van der Waals surface area contributed by atoms with E-state index in [1.165, 1.54) is 0 Å². The van der Waals surface area contributed by atoms with Crippen molar-refractivity contribution in [1.82, 2.24) is 9.88 Å². The Hall–Kier alpha value is -3.07. The van der Waals surface area contributed by atoms with Crippen LogP contribution in [0, 0.1) is 11.3 Å². The molecule has 6 nitrogen and oxygen atoms in total. The molecule has 1 aliphatic rings. The van der Waals surface area contributed by atoms with Crippen LogP contribution in [0.3, 0.4) is 0 Å². The molecule has 0 aliphatic carbocycles. The van der Waals surface area contributed by atoms with Gasteiger partial charge in [0.25, 0.3) is 0 Å². The summed E-state index contributed by atoms with van der Waals surface area (Å²) < 4.78 is 10.8. The second kappa shape index (κ2) is 7.01. The van der Waals surface area contributed by atoms with Crippen LogP contribution < -0.4 is 9.47 Å². The molecule has 1 amide bonds. The van der Waals surface area contributed by atoms with Crippen LogP contribution in [0.15, 0.2) is 42.6 Å². The van der Waals surface area contributed by atoms with E-state index in [0.29, 0.717) is 31.0 Å². The highest BCUT2D eigenvalue weighted by Gasteiger charge is 2.32. The summed E-state index contributed by atoms with van der Waals surface area (Å²) in [5.41, 5.74) is 1.46. The smallest absolute Gasteiger partial charge is 0.227 e. The van der Waals surface area contributed by atoms with Crippen molar-refractivity contribution >= 4 is 5.91 Å². The third-order valence-corrected chi connectivity index (χ3v) is 3.87. The number of benzene rings is 1. The number of carbonyl (C=O) groups is 1. The molecule has 0 N–H and O–H groups in total. The van der Waals surface area contributed by atoms with Crippen molar-refractivity contribution in [3.63, 3.8) is 0 Å². The topological polar surface area (TPSA) is 75.4 Å². The van der Waals surface area contributed by atoms with E-state index < -0.39 is 0 Å². The van der Waals surface area contributed by atoms with E-state index in [0.717, 1.165) is 11.3 Å². The molecule has 0 saturated carbocycles. The summed E-state index contributed by atoms with van der Waals surface area (Å²) in [4.78, 5) is 18.1. The quantitative estimate of drug-likeness (QED) is 0.838. The molecule has 1 saturated heterocycles. The molecule has 0 spiro atoms. The first-order valence-corrected chi connectivity index (χ1v) is 7.61. The van der Waals surface area contributed by atoms with Crippen molar-refractivity contribution in [3.8, 4) is 17.7 Å². The molecule has 1 fully saturated rings. The fourth-order valence-electron chi connectivity index (χ4n) is 2.46. The van der Waals surface area contributed by atoms with Crippen molar-refractivity contribution in [1.29, 1.82) is 5.26 Å². The third kappa shape index (κ3) is 3.63. The molecule has 0 radical (unpaired) electrons. The fraction of sp³-hybridized carbons (Fsp3) is 0.278. The monoisotopic (exact) mass is 323 g/mol. The largest absolute Gasteiger partial charge is 0.497 e. The number of likely N-dealkylation sites (tertiary alicyclic amines) is 1. The van der Waals surface area contributed by atoms with Gasteiger partial charge in [0.2, 0.25) is 11.8 Å². The number of hydrogen-bond donors (Lipinski definition) is 0. The second-order valence-corrected chi connectivity index (χ2v) is 5.56. The summed E-state index contributed by atoms with van der Waals surface area (Å²) in [5.74, 6) is 1.26. The first-order chi connectivity index (χ1) is 11.7. The van der Waals surface area contributed by atoms with Crippen LogP contribution in [0.4, 0.5) is 0 Å². The Morgan fingerprint density at radius 1 is 1.33 bits per heavy atom. The molecule has 1 aliphatic heterocycles. The first kappa shape index (κ1) is 15.8. The Bertz CT molecular complexity index is 762. The van der Waals surface area contributed by atoms with Crippen LogP contribution in [0.1, 0.15) is 11.1 Å². The third-order valence-electron chi connectivity index (χ3n) is 3.87. The normalized spacial score (nSPS) is 13.8. The first-order valence-electron chi connectivity index (χ1n) is 7.61. The zero-order valence-electron chi connectivity index (χ0n) is 13.3. The van der Waals surface area contributed by atoms with Crippen LogP contribution in [0.25, 0.3) is 0 Å². The Morgan fingerprint density at radius 2 is 2.08 bits per heavy atom. The highest BCUT2D eigenvalue weighted by atomic mass is 16.5. The highest BCUT2D eigenvalue weighted by Crippen LogP contribution is 2.19. The summed E-state index contributed by atoms with van der Waals surface area (Å²) in [6.07, 6.45) is 1.82. The molecule has 2 heterocycles. The number of pyridine rings is 1. The lowest BCUT2D eigenvalue weighted by Gasteiger charge is -2.38. The number of aromatic nitrogens is 1. The highest BCUT2D eigenvalue weighted by molar-refractivity contribution is 5.79. The van der Waals surface area contributed by atoms with E-state index >= 15 is 0 Å². The van der Waals surface area contributed by atoms with Gasteiger partial charge in [-0.3, -0.25) is 4.79 Å². The van der Waals surface area contributed by atoms with Gasteiger partial charge < -0.3 is 14.4 Å². The van der Waals surface area contributed by atoms with Crippen molar-refractivity contribution in [2.24, 2.45) is 0 Å². The molecular weight excluding hydrogens is 306 g/mol. The van der Waals surface area contributed by atoms with Crippen LogP contribution in [0.2, 0.25) is 0 Å². The number of methoxy groups -OCH3 is 1. The Balaban J connectivity index is 1.48. The minimum atomic E-state index is -0.0775. The molecule has 0 bridgehead atoms. The van der Waals surface area contributed by atoms with E-state index in [-0.39, 0.29) is 12.0 Å². The van der Waals surface area contributed by atoms with Gasteiger partial charge in [-0.25, -0.2) is 4.98 Å². The van der Waals surface area contributed by atoms with Crippen molar-refractivity contribution < 1.29 is 14.3 Å². The summed E-state index contributed by atoms with van der Waals surface area (Å²) in [6.45, 7) is 1.07. The Morgan fingerprint density at radius 3 is 2.75 bits per heavy atom. The molecule has 1 aromatic carbocycles. The summed E-state index contributed by atoms with van der Waals surface area (Å²) in [7, 11) is 1.61. The fourth-order valence-corrected chi connectivity index (χ4v) is 2.46. The predicted octanol–water partition coefficient (Wildman–Crippen LogP) is 1.79. The summed E-state index contributed by atoms with van der Waals surface area (Å²) in [6, 6.07) is 12.7. The number of nitrogens with zero attached hydrogens (tertiary/aromatic N) is 3. The molecule has 6 heteroatoms. The van der Waals surface area contributed by atoms with Gasteiger partial charge in [0.15, 0.2) is 0 Å². The maximum absolute atomic E-state index is 12.2. The molecule has 1 aromatic heterocycles. The van der Waals surface area contributed by atoms with Crippen molar-refractivity contribution in [3.05, 3.63) is 53.7 Å². The van der Waals surface area contributed by atoms with Gasteiger partial charge in [0.1, 0.15) is 11.9 Å². The number of nitriles is 1.